The van der Waals surface area contributed by atoms with Crippen LogP contribution >= 0.6 is 0 Å². The van der Waals surface area contributed by atoms with Crippen molar-refractivity contribution in [3.63, 3.8) is 0 Å². The van der Waals surface area contributed by atoms with Crippen molar-refractivity contribution in [2.45, 2.75) is 24.7 Å². The third kappa shape index (κ3) is 2.28. The maximum Gasteiger partial charge on any atom is 0.261 e. The lowest BCUT2D eigenvalue weighted by atomic mass is 9.85. The van der Waals surface area contributed by atoms with Gasteiger partial charge in [0.05, 0.1) is 17.2 Å². The molecular formula is C24H19NO3. The minimum absolute atomic E-state index is 0.213. The molecule has 2 aliphatic rings. The van der Waals surface area contributed by atoms with Crippen molar-refractivity contribution in [1.82, 2.24) is 4.90 Å². The van der Waals surface area contributed by atoms with E-state index in [2.05, 4.69) is 0 Å². The molecular weight excluding hydrogens is 350 g/mol. The zero-order valence-electron chi connectivity index (χ0n) is 15.4. The van der Waals surface area contributed by atoms with Gasteiger partial charge in [-0.05, 0) is 30.2 Å². The van der Waals surface area contributed by atoms with Crippen LogP contribution in [0.2, 0.25) is 0 Å². The molecule has 0 N–H and O–H groups in total. The van der Waals surface area contributed by atoms with Crippen molar-refractivity contribution in [2.24, 2.45) is 0 Å². The SMILES string of the molecule is CC(N1C(=O)c2ccccc2C1=O)C1(c2ccccc2)OC1c1ccccc1. The maximum absolute atomic E-state index is 13.0. The van der Waals surface area contributed by atoms with Crippen LogP contribution < -0.4 is 0 Å². The molecule has 3 aromatic carbocycles. The van der Waals surface area contributed by atoms with Gasteiger partial charge in [-0.25, -0.2) is 0 Å². The molecule has 2 amide bonds. The number of carbonyl (C=O) groups is 2. The Balaban J connectivity index is 1.59. The van der Waals surface area contributed by atoms with Gasteiger partial charge < -0.3 is 4.74 Å². The standard InChI is InChI=1S/C24H19NO3/c1-16(25-22(26)19-14-8-9-15-20(19)23(25)27)24(18-12-6-3-7-13-18)21(28-24)17-10-4-2-5-11-17/h2-16,21H,1H3. The molecule has 2 aliphatic heterocycles. The van der Waals surface area contributed by atoms with Crippen LogP contribution in [0.25, 0.3) is 0 Å². The van der Waals surface area contributed by atoms with Gasteiger partial charge in [0.25, 0.3) is 11.8 Å². The quantitative estimate of drug-likeness (QED) is 0.508. The van der Waals surface area contributed by atoms with Gasteiger partial charge in [-0.1, -0.05) is 72.8 Å². The number of hydrogen-bond acceptors (Lipinski definition) is 3. The Bertz CT molecular complexity index is 1030. The number of hydrogen-bond donors (Lipinski definition) is 0. The van der Waals surface area contributed by atoms with Crippen LogP contribution in [-0.4, -0.2) is 22.8 Å². The number of amides is 2. The van der Waals surface area contributed by atoms with Crippen molar-refractivity contribution in [2.75, 3.05) is 0 Å². The summed E-state index contributed by atoms with van der Waals surface area (Å²) in [7, 11) is 0. The van der Waals surface area contributed by atoms with E-state index in [9.17, 15) is 9.59 Å². The van der Waals surface area contributed by atoms with Crippen LogP contribution in [0.5, 0.6) is 0 Å². The molecule has 3 unspecified atom stereocenters. The summed E-state index contributed by atoms with van der Waals surface area (Å²) in [5.41, 5.74) is 2.16. The molecule has 5 rings (SSSR count). The van der Waals surface area contributed by atoms with Gasteiger partial charge in [0.2, 0.25) is 0 Å². The Kier molecular flexibility index (Phi) is 3.71. The van der Waals surface area contributed by atoms with Crippen LogP contribution in [0.15, 0.2) is 84.9 Å². The van der Waals surface area contributed by atoms with E-state index >= 15 is 0 Å². The minimum atomic E-state index is -0.754. The van der Waals surface area contributed by atoms with Gasteiger partial charge in [-0.2, -0.15) is 0 Å². The monoisotopic (exact) mass is 369 g/mol. The molecule has 0 bridgehead atoms. The number of rotatable bonds is 4. The van der Waals surface area contributed by atoms with Gasteiger partial charge in [0.15, 0.2) is 0 Å². The predicted octanol–water partition coefficient (Wildman–Crippen LogP) is 4.34. The summed E-state index contributed by atoms with van der Waals surface area (Å²) < 4.78 is 6.30. The molecule has 4 nitrogen and oxygen atoms in total. The van der Waals surface area contributed by atoms with Crippen LogP contribution in [0, 0.1) is 0 Å². The Hall–Kier alpha value is -3.24. The van der Waals surface area contributed by atoms with Crippen LogP contribution in [0.1, 0.15) is 44.9 Å². The molecule has 0 radical (unpaired) electrons. The normalized spacial score (nSPS) is 24.2. The molecule has 0 aromatic heterocycles. The van der Waals surface area contributed by atoms with Gasteiger partial charge in [0, 0.05) is 0 Å². The van der Waals surface area contributed by atoms with Crippen molar-refractivity contribution >= 4 is 11.8 Å². The molecule has 1 fully saturated rings. The van der Waals surface area contributed by atoms with Gasteiger partial charge in [-0.15, -0.1) is 0 Å². The van der Waals surface area contributed by atoms with Gasteiger partial charge in [-0.3, -0.25) is 14.5 Å². The fourth-order valence-electron chi connectivity index (χ4n) is 4.33. The zero-order valence-corrected chi connectivity index (χ0v) is 15.4. The predicted molar refractivity (Wildman–Crippen MR) is 105 cm³/mol. The molecule has 0 spiro atoms. The van der Waals surface area contributed by atoms with Crippen LogP contribution in [0.4, 0.5) is 0 Å². The summed E-state index contributed by atoms with van der Waals surface area (Å²) in [6.45, 7) is 1.90. The average Bonchev–Trinajstić information content (AvgIpc) is 3.46. The summed E-state index contributed by atoms with van der Waals surface area (Å²) >= 11 is 0. The topological polar surface area (TPSA) is 49.9 Å². The smallest absolute Gasteiger partial charge is 0.261 e. The Morgan fingerprint density at radius 2 is 1.29 bits per heavy atom. The highest BCUT2D eigenvalue weighted by atomic mass is 16.6. The molecule has 2 heterocycles. The number of epoxide rings is 1. The summed E-state index contributed by atoms with van der Waals surface area (Å²) in [6, 6.07) is 26.3. The van der Waals surface area contributed by atoms with E-state index in [1.54, 1.807) is 24.3 Å². The van der Waals surface area contributed by atoms with E-state index in [1.165, 1.54) is 4.90 Å². The fourth-order valence-corrected chi connectivity index (χ4v) is 4.33. The van der Waals surface area contributed by atoms with E-state index < -0.39 is 11.6 Å². The van der Waals surface area contributed by atoms with E-state index in [0.29, 0.717) is 11.1 Å². The van der Waals surface area contributed by atoms with Crippen LogP contribution in [-0.2, 0) is 10.3 Å². The summed E-state index contributed by atoms with van der Waals surface area (Å²) in [6.07, 6.45) is -0.213. The number of carbonyl (C=O) groups excluding carboxylic acids is 2. The number of benzene rings is 3. The third-order valence-electron chi connectivity index (χ3n) is 5.81. The highest BCUT2D eigenvalue weighted by Crippen LogP contribution is 2.60. The first-order chi connectivity index (χ1) is 13.6. The van der Waals surface area contributed by atoms with Crippen LogP contribution in [0.3, 0.4) is 0 Å². The van der Waals surface area contributed by atoms with Crippen molar-refractivity contribution in [1.29, 1.82) is 0 Å². The molecule has 28 heavy (non-hydrogen) atoms. The first-order valence-electron chi connectivity index (χ1n) is 9.40. The second-order valence-corrected chi connectivity index (χ2v) is 7.27. The lowest BCUT2D eigenvalue weighted by Gasteiger charge is -2.29. The van der Waals surface area contributed by atoms with Gasteiger partial charge in [0.1, 0.15) is 11.7 Å². The Morgan fingerprint density at radius 1 is 0.786 bits per heavy atom. The lowest BCUT2D eigenvalue weighted by molar-refractivity contribution is 0.0504. The highest BCUT2D eigenvalue weighted by molar-refractivity contribution is 6.21. The fraction of sp³-hybridized carbons (Fsp3) is 0.167. The van der Waals surface area contributed by atoms with E-state index in [4.69, 9.17) is 4.74 Å². The number of fused-ring (bicyclic) bond motifs is 1. The molecule has 3 aromatic rings. The van der Waals surface area contributed by atoms with E-state index in [0.717, 1.165) is 11.1 Å². The van der Waals surface area contributed by atoms with E-state index in [1.807, 2.05) is 67.6 Å². The van der Waals surface area contributed by atoms with Crippen molar-refractivity contribution < 1.29 is 14.3 Å². The first kappa shape index (κ1) is 16.9. The molecule has 3 atom stereocenters. The number of ether oxygens (including phenoxy) is 1. The first-order valence-corrected chi connectivity index (χ1v) is 9.40. The second kappa shape index (κ2) is 6.14. The average molecular weight is 369 g/mol. The molecule has 0 saturated carbocycles. The molecule has 4 heteroatoms. The molecule has 138 valence electrons. The summed E-state index contributed by atoms with van der Waals surface area (Å²) in [4.78, 5) is 27.5. The summed E-state index contributed by atoms with van der Waals surface area (Å²) in [5.74, 6) is -0.517. The highest BCUT2D eigenvalue weighted by Gasteiger charge is 2.65. The summed E-state index contributed by atoms with van der Waals surface area (Å²) in [5, 5.41) is 0. The zero-order chi connectivity index (χ0) is 19.3. The minimum Gasteiger partial charge on any atom is -0.354 e. The molecule has 1 saturated heterocycles. The van der Waals surface area contributed by atoms with Crippen molar-refractivity contribution in [3.05, 3.63) is 107 Å². The Labute approximate surface area is 163 Å². The third-order valence-corrected chi connectivity index (χ3v) is 5.81. The van der Waals surface area contributed by atoms with E-state index in [-0.39, 0.29) is 17.9 Å². The Morgan fingerprint density at radius 3 is 1.86 bits per heavy atom. The maximum atomic E-state index is 13.0. The number of nitrogens with zero attached hydrogens (tertiary/aromatic N) is 1. The largest absolute Gasteiger partial charge is 0.354 e. The van der Waals surface area contributed by atoms with Crippen molar-refractivity contribution in [3.8, 4) is 0 Å². The second-order valence-electron chi connectivity index (χ2n) is 7.27. The molecule has 0 aliphatic carbocycles. The van der Waals surface area contributed by atoms with Gasteiger partial charge >= 0.3 is 0 Å². The lowest BCUT2D eigenvalue weighted by Crippen LogP contribution is -2.46. The number of imide groups is 1.